The number of amides is 2. The van der Waals surface area contributed by atoms with Crippen molar-refractivity contribution in [2.75, 3.05) is 24.8 Å². The van der Waals surface area contributed by atoms with Crippen LogP contribution in [0.5, 0.6) is 17.2 Å². The van der Waals surface area contributed by atoms with Gasteiger partial charge < -0.3 is 14.2 Å². The molecule has 1 fully saturated rings. The zero-order valence-electron chi connectivity index (χ0n) is 18.5. The average Bonchev–Trinajstić information content (AvgIpc) is 3.13. The van der Waals surface area contributed by atoms with Crippen LogP contribution in [-0.2, 0) is 9.59 Å². The molecule has 1 aliphatic heterocycles. The van der Waals surface area contributed by atoms with Crippen LogP contribution in [0.2, 0.25) is 5.02 Å². The van der Waals surface area contributed by atoms with Crippen LogP contribution in [0.1, 0.15) is 12.5 Å². The molecule has 4 rings (SSSR count). The molecule has 1 heterocycles. The molecule has 1 aliphatic rings. The summed E-state index contributed by atoms with van der Waals surface area (Å²) < 4.78 is 17.2. The van der Waals surface area contributed by atoms with Crippen LogP contribution in [0.4, 0.5) is 5.69 Å². The summed E-state index contributed by atoms with van der Waals surface area (Å²) in [5.74, 6) is 0.721. The third-order valence-electron chi connectivity index (χ3n) is 4.92. The molecule has 34 heavy (non-hydrogen) atoms. The molecule has 0 bridgehead atoms. The number of hydrogen-bond donors (Lipinski definition) is 1. The van der Waals surface area contributed by atoms with E-state index in [1.165, 1.54) is 11.1 Å². The first-order valence-corrected chi connectivity index (χ1v) is 11.1. The van der Waals surface area contributed by atoms with E-state index in [4.69, 9.17) is 25.8 Å². The smallest absolute Gasteiger partial charge is 0.282 e. The fourth-order valence-electron chi connectivity index (χ4n) is 3.35. The van der Waals surface area contributed by atoms with Gasteiger partial charge in [0.2, 0.25) is 0 Å². The molecular formula is C26H23ClN2O5. The molecule has 3 aromatic carbocycles. The number of ether oxygens (including phenoxy) is 3. The van der Waals surface area contributed by atoms with Gasteiger partial charge in [-0.3, -0.25) is 15.0 Å². The number of para-hydroxylation sites is 2. The predicted molar refractivity (Wildman–Crippen MR) is 130 cm³/mol. The van der Waals surface area contributed by atoms with Gasteiger partial charge in [0.15, 0.2) is 11.5 Å². The highest BCUT2D eigenvalue weighted by Crippen LogP contribution is 2.30. The molecule has 1 saturated heterocycles. The Balaban J connectivity index is 1.45. The van der Waals surface area contributed by atoms with E-state index >= 15 is 0 Å². The summed E-state index contributed by atoms with van der Waals surface area (Å²) in [5.41, 5.74) is 3.85. The van der Waals surface area contributed by atoms with Crippen molar-refractivity contribution in [3.05, 3.63) is 89.0 Å². The van der Waals surface area contributed by atoms with Crippen LogP contribution in [0.3, 0.4) is 0 Å². The highest BCUT2D eigenvalue weighted by molar-refractivity contribution is 6.32. The average molecular weight is 479 g/mol. The highest BCUT2D eigenvalue weighted by atomic mass is 35.5. The van der Waals surface area contributed by atoms with E-state index in [0.717, 1.165) is 0 Å². The molecule has 0 spiro atoms. The predicted octanol–water partition coefficient (Wildman–Crippen LogP) is 4.66. The Bertz CT molecular complexity index is 1210. The highest BCUT2D eigenvalue weighted by Gasteiger charge is 2.34. The van der Waals surface area contributed by atoms with Crippen molar-refractivity contribution in [2.24, 2.45) is 0 Å². The molecule has 7 nitrogen and oxygen atoms in total. The van der Waals surface area contributed by atoms with E-state index in [1.807, 2.05) is 25.1 Å². The minimum atomic E-state index is -0.469. The minimum absolute atomic E-state index is 0.0353. The standard InChI is InChI=1S/C26H23ClN2O5/c1-2-32-24-17-18(12-13-23(24)34-15-14-33-22-11-7-6-10-21(22)27)16-20-25(30)28-29(26(20)31)19-8-4-3-5-9-19/h3-13,16-17H,2,14-15H2,1H3,(H,28,30)/b20-16-. The number of nitrogens with one attached hydrogen (secondary N) is 1. The first-order chi connectivity index (χ1) is 16.6. The van der Waals surface area contributed by atoms with Gasteiger partial charge in [-0.15, -0.1) is 0 Å². The van der Waals surface area contributed by atoms with Gasteiger partial charge >= 0.3 is 0 Å². The van der Waals surface area contributed by atoms with Crippen molar-refractivity contribution in [3.8, 4) is 17.2 Å². The van der Waals surface area contributed by atoms with Crippen LogP contribution in [-0.4, -0.2) is 31.6 Å². The summed E-state index contributed by atoms with van der Waals surface area (Å²) in [4.78, 5) is 25.3. The molecule has 8 heteroatoms. The second kappa shape index (κ2) is 10.8. The molecule has 0 unspecified atom stereocenters. The molecule has 174 valence electrons. The van der Waals surface area contributed by atoms with Crippen LogP contribution in [0.15, 0.2) is 78.4 Å². The second-order valence-electron chi connectivity index (χ2n) is 7.24. The zero-order chi connectivity index (χ0) is 23.9. The fourth-order valence-corrected chi connectivity index (χ4v) is 3.54. The molecule has 0 radical (unpaired) electrons. The minimum Gasteiger partial charge on any atom is -0.490 e. The molecule has 1 N–H and O–H groups in total. The number of nitrogens with zero attached hydrogens (tertiary/aromatic N) is 1. The normalized spacial score (nSPS) is 14.3. The van der Waals surface area contributed by atoms with Gasteiger partial charge in [0.05, 0.1) is 17.3 Å². The third kappa shape index (κ3) is 5.32. The van der Waals surface area contributed by atoms with Crippen LogP contribution in [0, 0.1) is 0 Å². The lowest BCUT2D eigenvalue weighted by Crippen LogP contribution is -2.35. The largest absolute Gasteiger partial charge is 0.490 e. The summed E-state index contributed by atoms with van der Waals surface area (Å²) >= 11 is 6.09. The summed E-state index contributed by atoms with van der Waals surface area (Å²) in [5, 5.41) is 1.76. The number of carbonyl (C=O) groups is 2. The summed E-state index contributed by atoms with van der Waals surface area (Å²) in [6.45, 7) is 2.86. The lowest BCUT2D eigenvalue weighted by Gasteiger charge is -2.14. The van der Waals surface area contributed by atoms with E-state index in [1.54, 1.807) is 54.6 Å². The molecule has 0 saturated carbocycles. The molecule has 2 amide bonds. The van der Waals surface area contributed by atoms with Crippen molar-refractivity contribution in [1.29, 1.82) is 0 Å². The lowest BCUT2D eigenvalue weighted by molar-refractivity contribution is -0.117. The summed E-state index contributed by atoms with van der Waals surface area (Å²) in [6, 6.07) is 21.4. The van der Waals surface area contributed by atoms with E-state index < -0.39 is 11.8 Å². The number of hydrogen-bond acceptors (Lipinski definition) is 5. The maximum Gasteiger partial charge on any atom is 0.282 e. The second-order valence-corrected chi connectivity index (χ2v) is 7.65. The van der Waals surface area contributed by atoms with Crippen molar-refractivity contribution in [1.82, 2.24) is 5.43 Å². The van der Waals surface area contributed by atoms with Gasteiger partial charge in [0.25, 0.3) is 11.8 Å². The van der Waals surface area contributed by atoms with Crippen molar-refractivity contribution in [2.45, 2.75) is 6.92 Å². The lowest BCUT2D eigenvalue weighted by atomic mass is 10.1. The molecule has 3 aromatic rings. The van der Waals surface area contributed by atoms with E-state index in [-0.39, 0.29) is 12.2 Å². The number of halogens is 1. The Morgan fingerprint density at radius 1 is 0.853 bits per heavy atom. The maximum atomic E-state index is 12.8. The van der Waals surface area contributed by atoms with Gasteiger partial charge in [-0.1, -0.05) is 48.0 Å². The number of anilines is 1. The van der Waals surface area contributed by atoms with Gasteiger partial charge in [0, 0.05) is 0 Å². The number of benzene rings is 3. The van der Waals surface area contributed by atoms with Crippen LogP contribution < -0.4 is 24.6 Å². The summed E-state index contributed by atoms with van der Waals surface area (Å²) in [6.07, 6.45) is 1.54. The van der Waals surface area contributed by atoms with Crippen LogP contribution >= 0.6 is 11.6 Å². The maximum absolute atomic E-state index is 12.8. The Kier molecular flexibility index (Phi) is 7.34. The van der Waals surface area contributed by atoms with Gasteiger partial charge in [-0.05, 0) is 55.0 Å². The quantitative estimate of drug-likeness (QED) is 0.275. The fraction of sp³-hybridized carbons (Fsp3) is 0.154. The third-order valence-corrected chi connectivity index (χ3v) is 5.23. The van der Waals surface area contributed by atoms with E-state index in [2.05, 4.69) is 5.43 Å². The number of rotatable bonds is 9. The number of hydrazine groups is 1. The molecule has 0 aliphatic carbocycles. The Labute approximate surface area is 202 Å². The van der Waals surface area contributed by atoms with Crippen molar-refractivity contribution < 1.29 is 23.8 Å². The molecule has 0 aromatic heterocycles. The summed E-state index contributed by atoms with van der Waals surface area (Å²) in [7, 11) is 0. The molecular weight excluding hydrogens is 456 g/mol. The Morgan fingerprint density at radius 2 is 1.56 bits per heavy atom. The Hall–Kier alpha value is -3.97. The van der Waals surface area contributed by atoms with E-state index in [9.17, 15) is 9.59 Å². The van der Waals surface area contributed by atoms with Crippen LogP contribution in [0.25, 0.3) is 6.08 Å². The Morgan fingerprint density at radius 3 is 2.29 bits per heavy atom. The first kappa shape index (κ1) is 23.2. The van der Waals surface area contributed by atoms with Crippen molar-refractivity contribution >= 4 is 35.2 Å². The number of carbonyl (C=O) groups excluding carboxylic acids is 2. The SMILES string of the molecule is CCOc1cc(/C=C2/C(=O)NN(c3ccccc3)C2=O)ccc1OCCOc1ccccc1Cl. The monoisotopic (exact) mass is 478 g/mol. The zero-order valence-corrected chi connectivity index (χ0v) is 19.2. The van der Waals surface area contributed by atoms with Gasteiger partial charge in [0.1, 0.15) is 24.5 Å². The van der Waals surface area contributed by atoms with Gasteiger partial charge in [-0.2, -0.15) is 0 Å². The van der Waals surface area contributed by atoms with E-state index in [0.29, 0.717) is 46.7 Å². The van der Waals surface area contributed by atoms with Gasteiger partial charge in [-0.25, -0.2) is 5.01 Å². The van der Waals surface area contributed by atoms with Crippen molar-refractivity contribution in [3.63, 3.8) is 0 Å². The topological polar surface area (TPSA) is 77.1 Å². The molecule has 0 atom stereocenters. The first-order valence-electron chi connectivity index (χ1n) is 10.8.